The minimum atomic E-state index is -0.0714. The summed E-state index contributed by atoms with van der Waals surface area (Å²) >= 11 is 9.66. The Morgan fingerprint density at radius 2 is 0.829 bits per heavy atom. The van der Waals surface area contributed by atoms with Crippen LogP contribution >= 0.6 is 54.5 Å². The van der Waals surface area contributed by atoms with Gasteiger partial charge in [-0.25, -0.2) is 0 Å². The fraction of sp³-hybridized carbons (Fsp3) is 0.111. The lowest BCUT2D eigenvalue weighted by Gasteiger charge is -2.22. The van der Waals surface area contributed by atoms with E-state index in [0.717, 1.165) is 15.4 Å². The number of fused-ring (bicyclic) bond motifs is 22. The number of hydrogen-bond donors (Lipinski definition) is 0. The van der Waals surface area contributed by atoms with Gasteiger partial charge in [0.25, 0.3) is 0 Å². The van der Waals surface area contributed by atoms with Gasteiger partial charge in [-0.15, -0.1) is 0 Å². The lowest BCUT2D eigenvalue weighted by atomic mass is 9.82. The summed E-state index contributed by atoms with van der Waals surface area (Å²) in [5.41, 5.74) is 20.7. The lowest BCUT2D eigenvalue weighted by Crippen LogP contribution is -2.15. The van der Waals surface area contributed by atoms with Crippen molar-refractivity contribution in [1.29, 1.82) is 0 Å². The van der Waals surface area contributed by atoms with Gasteiger partial charge < -0.3 is 4.57 Å². The van der Waals surface area contributed by atoms with Gasteiger partial charge in [-0.1, -0.05) is 231 Å². The molecule has 0 radical (unpaired) electrons. The molecule has 76 heavy (non-hydrogen) atoms. The fourth-order valence-electron chi connectivity index (χ4n) is 13.2. The summed E-state index contributed by atoms with van der Waals surface area (Å²) in [4.78, 5) is 0. The molecule has 0 fully saturated rings. The van der Waals surface area contributed by atoms with Crippen molar-refractivity contribution in [3.63, 3.8) is 0 Å². The molecule has 13 aromatic rings. The maximum Gasteiger partial charge on any atom is 0.0625 e. The van der Waals surface area contributed by atoms with Crippen molar-refractivity contribution in [2.24, 2.45) is 0 Å². The van der Waals surface area contributed by atoms with E-state index in [-0.39, 0.29) is 18.3 Å². The molecule has 0 atom stereocenters. The topological polar surface area (TPSA) is 4.93 Å². The highest BCUT2D eigenvalue weighted by Gasteiger charge is 2.37. The van der Waals surface area contributed by atoms with Gasteiger partial charge in [-0.2, -0.15) is 0 Å². The first kappa shape index (κ1) is 48.8. The largest absolute Gasteiger partial charge is 0.309 e. The Balaban J connectivity index is 0.000000120. The maximum atomic E-state index is 3.70. The Morgan fingerprint density at radius 1 is 0.395 bits per heavy atom. The Hall–Kier alpha value is -6.83. The summed E-state index contributed by atoms with van der Waals surface area (Å²) in [6.07, 6.45) is 1.05. The van der Waals surface area contributed by atoms with Crippen LogP contribution in [0.15, 0.2) is 227 Å². The van der Waals surface area contributed by atoms with Crippen molar-refractivity contribution in [1.82, 2.24) is 4.57 Å². The number of rotatable bonds is 1. The van der Waals surface area contributed by atoms with E-state index in [2.05, 4.69) is 305 Å². The van der Waals surface area contributed by atoms with Gasteiger partial charge in [-0.05, 0) is 188 Å². The Morgan fingerprint density at radius 3 is 1.46 bits per heavy atom. The van der Waals surface area contributed by atoms with Crippen LogP contribution in [0.25, 0.3) is 104 Å². The van der Waals surface area contributed by atoms with Gasteiger partial charge in [0, 0.05) is 45.2 Å². The first-order valence-electron chi connectivity index (χ1n) is 25.9. The van der Waals surface area contributed by atoms with Crippen LogP contribution in [0, 0.1) is 3.57 Å². The van der Waals surface area contributed by atoms with Crippen molar-refractivity contribution >= 4 is 119 Å². The predicted molar refractivity (Wildman–Crippen MR) is 342 cm³/mol. The van der Waals surface area contributed by atoms with Gasteiger partial charge >= 0.3 is 0 Å². The van der Waals surface area contributed by atoms with Crippen LogP contribution in [0.5, 0.6) is 0 Å². The molecule has 1 heterocycles. The van der Waals surface area contributed by atoms with Crippen LogP contribution in [0.1, 0.15) is 68.5 Å². The zero-order valence-corrected chi connectivity index (χ0v) is 47.4. The maximum absolute atomic E-state index is 3.70. The standard InChI is InChI=1S/C35H24BrN.C21H14.C15H12BrI.CH4/c1-35(2)30-19-21(36)15-17-25(30)26-18-16-22(20-31(26)35)37-32-14-8-7-13-29(32)33-27-11-5-3-9-23(27)24-10-4-6-12-28(24)34(33)37;1-2-8-15-14(7-1)13-20-18-11-4-3-9-16(18)17-10-5-6-12-19(17)21(15)20;1-15(2)13-7-9(16)3-5-11(13)12-6-4-10(17)8-14(12)15;/h3-20H,1-2H3;1-12H,13H2;3-8H,1-2H3;1H4. The van der Waals surface area contributed by atoms with Gasteiger partial charge in [0.1, 0.15) is 0 Å². The zero-order chi connectivity index (χ0) is 50.9. The Kier molecular flexibility index (Phi) is 11.8. The normalized spacial score (nSPS) is 13.8. The second kappa shape index (κ2) is 18.4. The Labute approximate surface area is 475 Å². The minimum Gasteiger partial charge on any atom is -0.309 e. The molecule has 0 spiro atoms. The number of benzene rings is 12. The molecule has 0 bridgehead atoms. The number of hydrogen-bond acceptors (Lipinski definition) is 0. The second-order valence-electron chi connectivity index (χ2n) is 21.5. The van der Waals surface area contributed by atoms with Crippen LogP contribution in [-0.4, -0.2) is 4.57 Å². The molecular weight excluding hydrogens is 1170 g/mol. The highest BCUT2D eigenvalue weighted by atomic mass is 127. The number of nitrogens with zero attached hydrogens (tertiary/aromatic N) is 1. The third kappa shape index (κ3) is 7.41. The van der Waals surface area contributed by atoms with E-state index in [9.17, 15) is 0 Å². The van der Waals surface area contributed by atoms with E-state index >= 15 is 0 Å². The van der Waals surface area contributed by atoms with Crippen molar-refractivity contribution < 1.29 is 0 Å². The van der Waals surface area contributed by atoms with Crippen molar-refractivity contribution in [2.75, 3.05) is 0 Å². The summed E-state index contributed by atoms with van der Waals surface area (Å²) in [6, 6.07) is 80.1. The van der Waals surface area contributed by atoms with Crippen molar-refractivity contribution in [2.45, 2.75) is 52.4 Å². The van der Waals surface area contributed by atoms with Crippen LogP contribution in [-0.2, 0) is 17.3 Å². The fourth-order valence-corrected chi connectivity index (χ4v) is 14.4. The quantitative estimate of drug-likeness (QED) is 0.114. The molecule has 16 rings (SSSR count). The van der Waals surface area contributed by atoms with E-state index in [1.54, 1.807) is 0 Å². The molecule has 0 saturated carbocycles. The molecule has 1 aromatic heterocycles. The number of halogens is 3. The highest BCUT2D eigenvalue weighted by molar-refractivity contribution is 14.1. The summed E-state index contributed by atoms with van der Waals surface area (Å²) in [6.45, 7) is 9.31. The summed E-state index contributed by atoms with van der Waals surface area (Å²) in [7, 11) is 0. The highest BCUT2D eigenvalue weighted by Crippen LogP contribution is 2.52. The molecular formula is C72H54Br2IN. The number of para-hydroxylation sites is 1. The van der Waals surface area contributed by atoms with Crippen molar-refractivity contribution in [3.05, 3.63) is 264 Å². The summed E-state index contributed by atoms with van der Waals surface area (Å²) in [5.74, 6) is 0. The zero-order valence-electron chi connectivity index (χ0n) is 42.1. The second-order valence-corrected chi connectivity index (χ2v) is 24.6. The molecule has 0 aliphatic heterocycles. The molecule has 0 saturated heterocycles. The number of aromatic nitrogens is 1. The molecule has 0 unspecified atom stereocenters. The molecule has 0 amide bonds. The van der Waals surface area contributed by atoms with Crippen LogP contribution < -0.4 is 0 Å². The predicted octanol–water partition coefficient (Wildman–Crippen LogP) is 21.7. The van der Waals surface area contributed by atoms with Gasteiger partial charge in [-0.3, -0.25) is 0 Å². The smallest absolute Gasteiger partial charge is 0.0625 e. The van der Waals surface area contributed by atoms with E-state index in [1.165, 1.54) is 141 Å². The molecule has 368 valence electrons. The average molecular weight is 1220 g/mol. The monoisotopic (exact) mass is 1220 g/mol. The van der Waals surface area contributed by atoms with E-state index in [0.29, 0.717) is 0 Å². The van der Waals surface area contributed by atoms with Crippen LogP contribution in [0.3, 0.4) is 0 Å². The summed E-state index contributed by atoms with van der Waals surface area (Å²) in [5, 5.41) is 13.4. The first-order valence-corrected chi connectivity index (χ1v) is 28.5. The van der Waals surface area contributed by atoms with Gasteiger partial charge in [0.2, 0.25) is 0 Å². The Bertz CT molecular complexity index is 4500. The minimum absolute atomic E-state index is 0. The van der Waals surface area contributed by atoms with E-state index in [1.807, 2.05) is 0 Å². The SMILES string of the molecule is C.CC1(C)c2cc(Br)ccc2-c2ccc(-n3c4ccccc4c4c5ccccc5c5ccccc5c43)cc21.CC1(C)c2cc(Br)ccc2-c2ccc(I)cc21.c1ccc2c(c1)Cc1c-2c2ccccc2c2ccccc12. The first-order chi connectivity index (χ1) is 36.5. The van der Waals surface area contributed by atoms with E-state index < -0.39 is 0 Å². The third-order valence-corrected chi connectivity index (χ3v) is 18.4. The molecule has 3 aliphatic carbocycles. The van der Waals surface area contributed by atoms with Gasteiger partial charge in [0.15, 0.2) is 0 Å². The lowest BCUT2D eigenvalue weighted by molar-refractivity contribution is 0.659. The van der Waals surface area contributed by atoms with Crippen LogP contribution in [0.2, 0.25) is 0 Å². The molecule has 1 nitrogen and oxygen atoms in total. The third-order valence-electron chi connectivity index (χ3n) is 16.7. The summed E-state index contributed by atoms with van der Waals surface area (Å²) < 4.78 is 6.09. The molecule has 3 aliphatic rings. The van der Waals surface area contributed by atoms with Crippen LogP contribution in [0.4, 0.5) is 0 Å². The van der Waals surface area contributed by atoms with Gasteiger partial charge in [0.05, 0.1) is 11.0 Å². The molecule has 0 N–H and O–H groups in total. The average Bonchev–Trinajstić information content (AvgIpc) is 4.15. The molecule has 4 heteroatoms. The van der Waals surface area contributed by atoms with E-state index in [4.69, 9.17) is 0 Å². The molecule has 12 aromatic carbocycles. The van der Waals surface area contributed by atoms with Crippen molar-refractivity contribution in [3.8, 4) is 39.1 Å².